The first-order chi connectivity index (χ1) is 13.2. The summed E-state index contributed by atoms with van der Waals surface area (Å²) in [6.07, 6.45) is 4.58. The van der Waals surface area contributed by atoms with Crippen molar-refractivity contribution in [1.29, 1.82) is 0 Å². The molecule has 2 aromatic heterocycles. The summed E-state index contributed by atoms with van der Waals surface area (Å²) in [7, 11) is 0. The lowest BCUT2D eigenvalue weighted by molar-refractivity contribution is 0.0456. The Morgan fingerprint density at radius 3 is 2.89 bits per heavy atom. The molecule has 1 unspecified atom stereocenters. The second-order valence-corrected chi connectivity index (χ2v) is 7.40. The van der Waals surface area contributed by atoms with Crippen molar-refractivity contribution in [3.05, 3.63) is 65.9 Å². The van der Waals surface area contributed by atoms with E-state index in [4.69, 9.17) is 4.42 Å². The average Bonchev–Trinajstić information content (AvgIpc) is 3.09. The van der Waals surface area contributed by atoms with Gasteiger partial charge in [0, 0.05) is 56.6 Å². The second-order valence-electron chi connectivity index (χ2n) is 7.40. The van der Waals surface area contributed by atoms with E-state index in [0.29, 0.717) is 6.04 Å². The normalized spacial score (nSPS) is 19.0. The van der Waals surface area contributed by atoms with E-state index in [0.717, 1.165) is 50.7 Å². The number of aromatic nitrogens is 1. The first-order valence-electron chi connectivity index (χ1n) is 9.67. The molecule has 1 aliphatic rings. The number of hydrogen-bond acceptors (Lipinski definition) is 5. The maximum Gasteiger partial charge on any atom is 0.118 e. The minimum atomic E-state index is 0.214. The fraction of sp³-hybridized carbons (Fsp3) is 0.409. The number of benzene rings is 1. The summed E-state index contributed by atoms with van der Waals surface area (Å²) in [6.45, 7) is 6.89. The molecule has 1 saturated heterocycles. The maximum atomic E-state index is 9.55. The van der Waals surface area contributed by atoms with Crippen LogP contribution in [0.3, 0.4) is 0 Å². The zero-order valence-electron chi connectivity index (χ0n) is 15.8. The Morgan fingerprint density at radius 1 is 1.15 bits per heavy atom. The molecular weight excluding hydrogens is 338 g/mol. The number of fused-ring (bicyclic) bond motifs is 1. The van der Waals surface area contributed by atoms with Crippen LogP contribution in [-0.2, 0) is 13.1 Å². The van der Waals surface area contributed by atoms with Gasteiger partial charge in [-0.2, -0.15) is 0 Å². The van der Waals surface area contributed by atoms with Crippen molar-refractivity contribution >= 4 is 10.8 Å². The molecule has 1 atom stereocenters. The molecule has 3 aromatic rings. The lowest BCUT2D eigenvalue weighted by atomic mass is 10.0. The van der Waals surface area contributed by atoms with Crippen molar-refractivity contribution < 1.29 is 9.52 Å². The summed E-state index contributed by atoms with van der Waals surface area (Å²) in [5, 5.41) is 12.0. The van der Waals surface area contributed by atoms with Gasteiger partial charge in [-0.25, -0.2) is 0 Å². The van der Waals surface area contributed by atoms with Crippen LogP contribution in [0, 0.1) is 6.92 Å². The number of aliphatic hydroxyl groups excluding tert-OH is 1. The number of nitrogens with zero attached hydrogens (tertiary/aromatic N) is 3. The predicted octanol–water partition coefficient (Wildman–Crippen LogP) is 3.21. The third-order valence-corrected chi connectivity index (χ3v) is 5.47. The van der Waals surface area contributed by atoms with Crippen LogP contribution in [0.1, 0.15) is 23.5 Å². The van der Waals surface area contributed by atoms with Crippen LogP contribution in [0.5, 0.6) is 0 Å². The molecule has 0 spiro atoms. The van der Waals surface area contributed by atoms with Gasteiger partial charge in [-0.1, -0.05) is 18.2 Å². The molecule has 4 rings (SSSR count). The molecule has 1 fully saturated rings. The van der Waals surface area contributed by atoms with Gasteiger partial charge >= 0.3 is 0 Å². The van der Waals surface area contributed by atoms with Crippen molar-refractivity contribution in [2.45, 2.75) is 32.5 Å². The van der Waals surface area contributed by atoms with E-state index in [1.807, 2.05) is 25.4 Å². The van der Waals surface area contributed by atoms with E-state index < -0.39 is 0 Å². The molecule has 5 nitrogen and oxygen atoms in total. The van der Waals surface area contributed by atoms with Gasteiger partial charge < -0.3 is 9.52 Å². The summed E-state index contributed by atoms with van der Waals surface area (Å²) in [5.74, 6) is 1.96. The molecule has 1 aliphatic heterocycles. The summed E-state index contributed by atoms with van der Waals surface area (Å²) < 4.78 is 5.76. The van der Waals surface area contributed by atoms with Crippen LogP contribution in [0.4, 0.5) is 0 Å². The van der Waals surface area contributed by atoms with E-state index in [2.05, 4.69) is 45.1 Å². The van der Waals surface area contributed by atoms with Gasteiger partial charge in [-0.15, -0.1) is 0 Å². The summed E-state index contributed by atoms with van der Waals surface area (Å²) in [4.78, 5) is 9.17. The number of rotatable bonds is 6. The molecule has 1 aromatic carbocycles. The van der Waals surface area contributed by atoms with E-state index >= 15 is 0 Å². The van der Waals surface area contributed by atoms with Gasteiger partial charge in [0.1, 0.15) is 11.5 Å². The zero-order valence-corrected chi connectivity index (χ0v) is 15.8. The fourth-order valence-electron chi connectivity index (χ4n) is 4.07. The summed E-state index contributed by atoms with van der Waals surface area (Å²) >= 11 is 0. The van der Waals surface area contributed by atoms with Gasteiger partial charge in [-0.05, 0) is 42.5 Å². The molecule has 0 aliphatic carbocycles. The summed E-state index contributed by atoms with van der Waals surface area (Å²) in [6, 6.07) is 13.0. The molecule has 3 heterocycles. The van der Waals surface area contributed by atoms with Gasteiger partial charge in [0.05, 0.1) is 6.54 Å². The van der Waals surface area contributed by atoms with Crippen molar-refractivity contribution in [3.8, 4) is 0 Å². The number of aliphatic hydroxyl groups is 1. The molecule has 0 radical (unpaired) electrons. The smallest absolute Gasteiger partial charge is 0.118 e. The highest BCUT2D eigenvalue weighted by Gasteiger charge is 2.27. The Hall–Kier alpha value is -2.21. The predicted molar refractivity (Wildman–Crippen MR) is 106 cm³/mol. The third-order valence-electron chi connectivity index (χ3n) is 5.47. The van der Waals surface area contributed by atoms with Gasteiger partial charge in [0.25, 0.3) is 0 Å². The fourth-order valence-corrected chi connectivity index (χ4v) is 4.07. The molecule has 5 heteroatoms. The number of furan rings is 1. The Labute approximate surface area is 160 Å². The van der Waals surface area contributed by atoms with E-state index in [1.165, 1.54) is 16.3 Å². The Bertz CT molecular complexity index is 887. The van der Waals surface area contributed by atoms with Crippen LogP contribution in [0.25, 0.3) is 10.8 Å². The molecule has 0 saturated carbocycles. The molecule has 1 N–H and O–H groups in total. The molecule has 0 bridgehead atoms. The number of hydrogen-bond donors (Lipinski definition) is 1. The van der Waals surface area contributed by atoms with E-state index in [-0.39, 0.29) is 6.61 Å². The largest absolute Gasteiger partial charge is 0.465 e. The third kappa shape index (κ3) is 4.21. The highest BCUT2D eigenvalue weighted by atomic mass is 16.3. The Morgan fingerprint density at radius 2 is 2.07 bits per heavy atom. The van der Waals surface area contributed by atoms with Crippen LogP contribution in [-0.4, -0.2) is 52.2 Å². The molecule has 0 amide bonds. The Balaban J connectivity index is 1.46. The molecular formula is C22H27N3O2. The first-order valence-corrected chi connectivity index (χ1v) is 9.67. The minimum Gasteiger partial charge on any atom is -0.465 e. The monoisotopic (exact) mass is 365 g/mol. The highest BCUT2D eigenvalue weighted by molar-refractivity contribution is 5.84. The van der Waals surface area contributed by atoms with Crippen molar-refractivity contribution in [1.82, 2.24) is 14.8 Å². The van der Waals surface area contributed by atoms with Gasteiger partial charge in [0.15, 0.2) is 0 Å². The standard InChI is InChI=1S/C22H27N3O2/c1-17-5-6-21(27-17)16-25-11-10-24(15-20(25)8-12-26)14-19-4-2-3-18-13-23-9-7-22(18)19/h2-7,9,13,20,26H,8,10-12,14-16H2,1H3. The average molecular weight is 365 g/mol. The zero-order chi connectivity index (χ0) is 18.6. The quantitative estimate of drug-likeness (QED) is 0.727. The lowest BCUT2D eigenvalue weighted by Gasteiger charge is -2.41. The first kappa shape index (κ1) is 18.2. The number of piperazine rings is 1. The van der Waals surface area contributed by atoms with Crippen LogP contribution in [0.15, 0.2) is 53.2 Å². The van der Waals surface area contributed by atoms with E-state index in [9.17, 15) is 5.11 Å². The molecule has 142 valence electrons. The topological polar surface area (TPSA) is 52.7 Å². The van der Waals surface area contributed by atoms with Crippen molar-refractivity contribution in [3.63, 3.8) is 0 Å². The highest BCUT2D eigenvalue weighted by Crippen LogP contribution is 2.23. The van der Waals surface area contributed by atoms with Crippen LogP contribution < -0.4 is 0 Å². The van der Waals surface area contributed by atoms with Crippen LogP contribution in [0.2, 0.25) is 0 Å². The number of aryl methyl sites for hydroxylation is 1. The second kappa shape index (κ2) is 8.21. The van der Waals surface area contributed by atoms with Crippen molar-refractivity contribution in [2.24, 2.45) is 0 Å². The molecule has 27 heavy (non-hydrogen) atoms. The van der Waals surface area contributed by atoms with Gasteiger partial charge in [-0.3, -0.25) is 14.8 Å². The SMILES string of the molecule is Cc1ccc(CN2CCN(Cc3cccc4cnccc34)CC2CCO)o1. The minimum absolute atomic E-state index is 0.214. The lowest BCUT2D eigenvalue weighted by Crippen LogP contribution is -2.52. The summed E-state index contributed by atoms with van der Waals surface area (Å²) in [5.41, 5.74) is 1.34. The Kier molecular flexibility index (Phi) is 5.53. The maximum absolute atomic E-state index is 9.55. The van der Waals surface area contributed by atoms with Crippen molar-refractivity contribution in [2.75, 3.05) is 26.2 Å². The van der Waals surface area contributed by atoms with Gasteiger partial charge in [0.2, 0.25) is 0 Å². The number of pyridine rings is 1. The van der Waals surface area contributed by atoms with E-state index in [1.54, 1.807) is 0 Å². The van der Waals surface area contributed by atoms with Crippen LogP contribution >= 0.6 is 0 Å².